The molecule has 0 saturated carbocycles. The third-order valence-electron chi connectivity index (χ3n) is 3.25. The molecule has 3 nitrogen and oxygen atoms in total. The summed E-state index contributed by atoms with van der Waals surface area (Å²) >= 11 is 0. The van der Waals surface area contributed by atoms with Gasteiger partial charge >= 0.3 is 0 Å². The van der Waals surface area contributed by atoms with Crippen LogP contribution in [0.5, 0.6) is 0 Å². The van der Waals surface area contributed by atoms with E-state index in [4.69, 9.17) is 0 Å². The second-order valence-electron chi connectivity index (χ2n) is 4.97. The van der Waals surface area contributed by atoms with Crippen molar-refractivity contribution in [1.29, 1.82) is 0 Å². The normalized spacial score (nSPS) is 8.91. The van der Waals surface area contributed by atoms with Crippen LogP contribution in [-0.4, -0.2) is 38.0 Å². The Kier molecular flexibility index (Phi) is 12.3. The number of benzene rings is 2. The van der Waals surface area contributed by atoms with Crippen molar-refractivity contribution in [2.45, 2.75) is 20.8 Å². The second kappa shape index (κ2) is 13.5. The molecule has 0 saturated heterocycles. The van der Waals surface area contributed by atoms with Crippen LogP contribution in [0, 0.1) is 0 Å². The van der Waals surface area contributed by atoms with Gasteiger partial charge in [0.15, 0.2) is 0 Å². The molecule has 1 amide bonds. The Morgan fingerprint density at radius 2 is 1.26 bits per heavy atom. The minimum atomic E-state index is 0.127. The SMILES string of the molecule is CCN(C)C(C)=O.CCNC.c1ccc(-c2ccccc2)cc1. The van der Waals surface area contributed by atoms with Crippen LogP contribution in [0.4, 0.5) is 0 Å². The highest BCUT2D eigenvalue weighted by Crippen LogP contribution is 2.17. The third kappa shape index (κ3) is 10.3. The summed E-state index contributed by atoms with van der Waals surface area (Å²) in [6.07, 6.45) is 0. The average molecular weight is 314 g/mol. The molecule has 0 aliphatic rings. The Morgan fingerprint density at radius 3 is 1.43 bits per heavy atom. The van der Waals surface area contributed by atoms with Crippen LogP contribution in [-0.2, 0) is 4.79 Å². The smallest absolute Gasteiger partial charge is 0.219 e. The number of carbonyl (C=O) groups excluding carboxylic acids is 1. The molecular formula is C20H30N2O. The number of amides is 1. The Bertz CT molecular complexity index is 472. The molecule has 126 valence electrons. The summed E-state index contributed by atoms with van der Waals surface area (Å²) in [5, 5.41) is 2.93. The molecule has 0 unspecified atom stereocenters. The van der Waals surface area contributed by atoms with Gasteiger partial charge in [0.25, 0.3) is 0 Å². The first kappa shape index (κ1) is 20.9. The molecule has 1 N–H and O–H groups in total. The van der Waals surface area contributed by atoms with E-state index in [1.807, 2.05) is 26.1 Å². The predicted molar refractivity (Wildman–Crippen MR) is 100 cm³/mol. The van der Waals surface area contributed by atoms with Crippen molar-refractivity contribution in [2.75, 3.05) is 27.2 Å². The highest BCUT2D eigenvalue weighted by atomic mass is 16.2. The van der Waals surface area contributed by atoms with Crippen molar-refractivity contribution in [3.8, 4) is 11.1 Å². The van der Waals surface area contributed by atoms with Gasteiger partial charge in [-0.25, -0.2) is 0 Å². The second-order valence-corrected chi connectivity index (χ2v) is 4.97. The van der Waals surface area contributed by atoms with Crippen molar-refractivity contribution >= 4 is 5.91 Å². The van der Waals surface area contributed by atoms with Gasteiger partial charge in [-0.1, -0.05) is 67.6 Å². The zero-order valence-corrected chi connectivity index (χ0v) is 15.0. The molecule has 0 spiro atoms. The van der Waals surface area contributed by atoms with Gasteiger partial charge in [0.05, 0.1) is 0 Å². The van der Waals surface area contributed by atoms with E-state index in [-0.39, 0.29) is 5.91 Å². The number of nitrogens with zero attached hydrogens (tertiary/aromatic N) is 1. The van der Waals surface area contributed by atoms with E-state index in [9.17, 15) is 4.79 Å². The lowest BCUT2D eigenvalue weighted by molar-refractivity contribution is -0.127. The first-order valence-corrected chi connectivity index (χ1v) is 8.03. The number of rotatable bonds is 3. The van der Waals surface area contributed by atoms with Crippen LogP contribution in [0.1, 0.15) is 20.8 Å². The van der Waals surface area contributed by atoms with Gasteiger partial charge in [0, 0.05) is 20.5 Å². The summed E-state index contributed by atoms with van der Waals surface area (Å²) in [5.41, 5.74) is 2.55. The van der Waals surface area contributed by atoms with E-state index in [0.717, 1.165) is 13.1 Å². The fourth-order valence-corrected chi connectivity index (χ4v) is 1.48. The summed E-state index contributed by atoms with van der Waals surface area (Å²) < 4.78 is 0. The molecule has 2 rings (SSSR count). The van der Waals surface area contributed by atoms with Gasteiger partial charge in [-0.05, 0) is 31.6 Å². The highest BCUT2D eigenvalue weighted by molar-refractivity contribution is 5.72. The maximum Gasteiger partial charge on any atom is 0.219 e. The van der Waals surface area contributed by atoms with Gasteiger partial charge in [-0.2, -0.15) is 0 Å². The maximum absolute atomic E-state index is 10.3. The van der Waals surface area contributed by atoms with Crippen LogP contribution in [0.2, 0.25) is 0 Å². The molecule has 0 heterocycles. The Balaban J connectivity index is 0.000000377. The van der Waals surface area contributed by atoms with Gasteiger partial charge in [-0.15, -0.1) is 0 Å². The lowest BCUT2D eigenvalue weighted by Crippen LogP contribution is -2.22. The van der Waals surface area contributed by atoms with E-state index in [0.29, 0.717) is 0 Å². The molecule has 0 radical (unpaired) electrons. The van der Waals surface area contributed by atoms with E-state index >= 15 is 0 Å². The molecule has 0 aliphatic heterocycles. The maximum atomic E-state index is 10.3. The van der Waals surface area contributed by atoms with Crippen LogP contribution in [0.3, 0.4) is 0 Å². The van der Waals surface area contributed by atoms with Crippen molar-refractivity contribution in [1.82, 2.24) is 10.2 Å². The average Bonchev–Trinajstić information content (AvgIpc) is 2.63. The monoisotopic (exact) mass is 314 g/mol. The summed E-state index contributed by atoms with van der Waals surface area (Å²) in [6.45, 7) is 7.44. The topological polar surface area (TPSA) is 32.3 Å². The van der Waals surface area contributed by atoms with E-state index < -0.39 is 0 Å². The summed E-state index contributed by atoms with van der Waals surface area (Å²) in [4.78, 5) is 12.0. The summed E-state index contributed by atoms with van der Waals surface area (Å²) in [7, 11) is 3.71. The molecule has 0 atom stereocenters. The Labute approximate surface area is 141 Å². The highest BCUT2D eigenvalue weighted by Gasteiger charge is 1.93. The van der Waals surface area contributed by atoms with Crippen LogP contribution in [0.25, 0.3) is 11.1 Å². The zero-order chi connectivity index (χ0) is 17.5. The van der Waals surface area contributed by atoms with Crippen LogP contribution < -0.4 is 5.32 Å². The molecule has 0 aromatic heterocycles. The van der Waals surface area contributed by atoms with Gasteiger partial charge in [0.2, 0.25) is 5.91 Å². The lowest BCUT2D eigenvalue weighted by atomic mass is 10.1. The van der Waals surface area contributed by atoms with E-state index in [1.54, 1.807) is 18.9 Å². The summed E-state index contributed by atoms with van der Waals surface area (Å²) in [5.74, 6) is 0.127. The van der Waals surface area contributed by atoms with Crippen molar-refractivity contribution < 1.29 is 4.79 Å². The van der Waals surface area contributed by atoms with Crippen molar-refractivity contribution in [2.24, 2.45) is 0 Å². The summed E-state index contributed by atoms with van der Waals surface area (Å²) in [6, 6.07) is 20.8. The minimum absolute atomic E-state index is 0.127. The molecule has 2 aromatic carbocycles. The quantitative estimate of drug-likeness (QED) is 0.926. The molecule has 0 fully saturated rings. The number of nitrogens with one attached hydrogen (secondary N) is 1. The van der Waals surface area contributed by atoms with Crippen molar-refractivity contribution in [3.05, 3.63) is 60.7 Å². The molecule has 0 aliphatic carbocycles. The molecule has 23 heavy (non-hydrogen) atoms. The molecule has 0 bridgehead atoms. The fraction of sp³-hybridized carbons (Fsp3) is 0.350. The van der Waals surface area contributed by atoms with E-state index in [1.165, 1.54) is 11.1 Å². The number of hydrogen-bond acceptors (Lipinski definition) is 2. The fourth-order valence-electron chi connectivity index (χ4n) is 1.48. The lowest BCUT2D eigenvalue weighted by Gasteiger charge is -2.09. The molecule has 2 aromatic rings. The standard InChI is InChI=1S/C12H10.C5H11NO.C3H9N/c1-3-7-11(8-4-1)12-9-5-2-6-10-12;1-4-6(3)5(2)7;1-3-4-2/h1-10H;4H2,1-3H3;4H,3H2,1-2H3. The Morgan fingerprint density at radius 1 is 0.913 bits per heavy atom. The predicted octanol–water partition coefficient (Wildman–Crippen LogP) is 4.06. The Hall–Kier alpha value is -2.13. The zero-order valence-electron chi connectivity index (χ0n) is 15.0. The minimum Gasteiger partial charge on any atom is -0.346 e. The van der Waals surface area contributed by atoms with Gasteiger partial charge in [0.1, 0.15) is 0 Å². The first-order valence-electron chi connectivity index (χ1n) is 8.03. The van der Waals surface area contributed by atoms with E-state index in [2.05, 4.69) is 60.8 Å². The number of hydrogen-bond donors (Lipinski definition) is 1. The molecular weight excluding hydrogens is 284 g/mol. The van der Waals surface area contributed by atoms with Gasteiger partial charge < -0.3 is 10.2 Å². The molecule has 3 heteroatoms. The van der Waals surface area contributed by atoms with Crippen molar-refractivity contribution in [3.63, 3.8) is 0 Å². The third-order valence-corrected chi connectivity index (χ3v) is 3.25. The van der Waals surface area contributed by atoms with Gasteiger partial charge in [-0.3, -0.25) is 4.79 Å². The number of carbonyl (C=O) groups is 1. The first-order chi connectivity index (χ1) is 11.1. The van der Waals surface area contributed by atoms with Crippen LogP contribution in [0.15, 0.2) is 60.7 Å². The largest absolute Gasteiger partial charge is 0.346 e. The van der Waals surface area contributed by atoms with Crippen LogP contribution >= 0.6 is 0 Å².